The highest BCUT2D eigenvalue weighted by atomic mass is 16.1. The molecule has 118 valence electrons. The van der Waals surface area contributed by atoms with E-state index in [1.807, 2.05) is 0 Å². The zero-order valence-corrected chi connectivity index (χ0v) is 13.1. The number of hydrogen-bond acceptors (Lipinski definition) is 3. The molecule has 2 saturated heterocycles. The molecule has 0 aromatic carbocycles. The van der Waals surface area contributed by atoms with E-state index in [-0.39, 0.29) is 11.8 Å². The van der Waals surface area contributed by atoms with Crippen molar-refractivity contribution in [2.24, 2.45) is 5.92 Å². The lowest BCUT2D eigenvalue weighted by Gasteiger charge is -2.30. The van der Waals surface area contributed by atoms with Gasteiger partial charge >= 0.3 is 0 Å². The lowest BCUT2D eigenvalue weighted by Crippen LogP contribution is -2.42. The second kappa shape index (κ2) is 9.07. The van der Waals surface area contributed by atoms with Crippen LogP contribution >= 0.6 is 0 Å². The van der Waals surface area contributed by atoms with Crippen molar-refractivity contribution in [3.63, 3.8) is 0 Å². The third-order valence-corrected chi connectivity index (χ3v) is 4.70. The van der Waals surface area contributed by atoms with Crippen molar-refractivity contribution in [1.82, 2.24) is 15.1 Å². The number of nitrogens with zero attached hydrogens (tertiary/aromatic N) is 2. The molecule has 0 saturated carbocycles. The van der Waals surface area contributed by atoms with Crippen LogP contribution in [0.1, 0.15) is 38.5 Å². The van der Waals surface area contributed by atoms with E-state index in [2.05, 4.69) is 21.0 Å². The van der Waals surface area contributed by atoms with Gasteiger partial charge in [0.1, 0.15) is 0 Å². The van der Waals surface area contributed by atoms with Crippen molar-refractivity contribution in [1.29, 1.82) is 0 Å². The Bertz CT molecular complexity index is 348. The van der Waals surface area contributed by atoms with Crippen LogP contribution < -0.4 is 5.32 Å². The molecule has 2 fully saturated rings. The Balaban J connectivity index is 1.60. The number of terminal acetylenes is 1. The van der Waals surface area contributed by atoms with Crippen LogP contribution in [0.4, 0.5) is 0 Å². The number of carbonyl (C=O) groups is 1. The van der Waals surface area contributed by atoms with Crippen LogP contribution in [0.2, 0.25) is 0 Å². The molecule has 1 amide bonds. The van der Waals surface area contributed by atoms with E-state index >= 15 is 0 Å². The van der Waals surface area contributed by atoms with Crippen LogP contribution in [0, 0.1) is 18.3 Å². The van der Waals surface area contributed by atoms with Crippen molar-refractivity contribution in [2.75, 3.05) is 45.8 Å². The highest BCUT2D eigenvalue weighted by molar-refractivity contribution is 5.78. The normalized spacial score (nSPS) is 22.4. The third kappa shape index (κ3) is 5.68. The Morgan fingerprint density at radius 2 is 1.71 bits per heavy atom. The molecule has 0 bridgehead atoms. The van der Waals surface area contributed by atoms with E-state index in [0.717, 1.165) is 39.0 Å². The average Bonchev–Trinajstić information content (AvgIpc) is 2.77. The zero-order valence-electron chi connectivity index (χ0n) is 13.1. The van der Waals surface area contributed by atoms with Crippen molar-refractivity contribution in [3.05, 3.63) is 0 Å². The lowest BCUT2D eigenvalue weighted by atomic mass is 9.96. The highest BCUT2D eigenvalue weighted by Crippen LogP contribution is 2.16. The number of likely N-dealkylation sites (tertiary alicyclic amines) is 2. The fourth-order valence-corrected chi connectivity index (χ4v) is 3.32. The van der Waals surface area contributed by atoms with Crippen LogP contribution in [0.5, 0.6) is 0 Å². The zero-order chi connectivity index (χ0) is 14.9. The molecule has 1 N–H and O–H groups in total. The SMILES string of the molecule is C#CCN1CCC(C(=O)NCCN2CCCCCC2)CC1. The summed E-state index contributed by atoms with van der Waals surface area (Å²) in [6, 6.07) is 0. The molecular formula is C17H29N3O. The number of carbonyl (C=O) groups excluding carboxylic acids is 1. The molecule has 4 heteroatoms. The topological polar surface area (TPSA) is 35.6 Å². The molecule has 0 atom stereocenters. The Labute approximate surface area is 129 Å². The van der Waals surface area contributed by atoms with Gasteiger partial charge in [-0.05, 0) is 51.9 Å². The van der Waals surface area contributed by atoms with Crippen molar-refractivity contribution < 1.29 is 4.79 Å². The van der Waals surface area contributed by atoms with Gasteiger partial charge in [0.15, 0.2) is 0 Å². The number of rotatable bonds is 5. The van der Waals surface area contributed by atoms with Crippen molar-refractivity contribution >= 4 is 5.91 Å². The average molecular weight is 291 g/mol. The van der Waals surface area contributed by atoms with Crippen LogP contribution in [0.25, 0.3) is 0 Å². The van der Waals surface area contributed by atoms with Crippen LogP contribution in [0.15, 0.2) is 0 Å². The molecule has 2 aliphatic rings. The second-order valence-electron chi connectivity index (χ2n) is 6.30. The van der Waals surface area contributed by atoms with Gasteiger partial charge in [0.25, 0.3) is 0 Å². The first kappa shape index (κ1) is 16.3. The lowest BCUT2D eigenvalue weighted by molar-refractivity contribution is -0.126. The summed E-state index contributed by atoms with van der Waals surface area (Å²) in [5.41, 5.74) is 0. The quantitative estimate of drug-likeness (QED) is 0.776. The Hall–Kier alpha value is -1.05. The maximum absolute atomic E-state index is 12.2. The molecule has 0 aromatic rings. The predicted octanol–water partition coefficient (Wildman–Crippen LogP) is 1.32. The maximum atomic E-state index is 12.2. The van der Waals surface area contributed by atoms with Gasteiger partial charge in [-0.2, -0.15) is 0 Å². The monoisotopic (exact) mass is 291 g/mol. The van der Waals surface area contributed by atoms with E-state index in [4.69, 9.17) is 6.42 Å². The van der Waals surface area contributed by atoms with Gasteiger partial charge in [-0.3, -0.25) is 9.69 Å². The smallest absolute Gasteiger partial charge is 0.223 e. The Morgan fingerprint density at radius 1 is 1.05 bits per heavy atom. The number of piperidine rings is 1. The molecule has 4 nitrogen and oxygen atoms in total. The minimum Gasteiger partial charge on any atom is -0.355 e. The molecule has 0 aromatic heterocycles. The maximum Gasteiger partial charge on any atom is 0.223 e. The first-order chi connectivity index (χ1) is 10.3. The van der Waals surface area contributed by atoms with E-state index in [1.54, 1.807) is 0 Å². The molecule has 0 aliphatic carbocycles. The predicted molar refractivity (Wildman–Crippen MR) is 85.9 cm³/mol. The van der Waals surface area contributed by atoms with Crippen LogP contribution in [-0.4, -0.2) is 61.5 Å². The molecule has 0 unspecified atom stereocenters. The summed E-state index contributed by atoms with van der Waals surface area (Å²) in [4.78, 5) is 16.9. The van der Waals surface area contributed by atoms with E-state index in [0.29, 0.717) is 6.54 Å². The highest BCUT2D eigenvalue weighted by Gasteiger charge is 2.24. The fraction of sp³-hybridized carbons (Fsp3) is 0.824. The number of amides is 1. The molecule has 2 rings (SSSR count). The summed E-state index contributed by atoms with van der Waals surface area (Å²) in [7, 11) is 0. The Morgan fingerprint density at radius 3 is 2.33 bits per heavy atom. The van der Waals surface area contributed by atoms with Gasteiger partial charge in [0.05, 0.1) is 6.54 Å². The van der Waals surface area contributed by atoms with Gasteiger partial charge in [0, 0.05) is 19.0 Å². The van der Waals surface area contributed by atoms with E-state index < -0.39 is 0 Å². The first-order valence-corrected chi connectivity index (χ1v) is 8.45. The summed E-state index contributed by atoms with van der Waals surface area (Å²) in [6.45, 7) is 6.80. The molecule has 2 aliphatic heterocycles. The van der Waals surface area contributed by atoms with Gasteiger partial charge in [0.2, 0.25) is 5.91 Å². The molecule has 0 radical (unpaired) electrons. The fourth-order valence-electron chi connectivity index (χ4n) is 3.32. The van der Waals surface area contributed by atoms with Gasteiger partial charge in [-0.1, -0.05) is 18.8 Å². The molecule has 2 heterocycles. The molecular weight excluding hydrogens is 262 g/mol. The molecule has 0 spiro atoms. The largest absolute Gasteiger partial charge is 0.355 e. The minimum absolute atomic E-state index is 0.183. The Kier molecular flexibility index (Phi) is 7.05. The summed E-state index contributed by atoms with van der Waals surface area (Å²) in [5, 5.41) is 3.13. The van der Waals surface area contributed by atoms with Gasteiger partial charge in [-0.15, -0.1) is 6.42 Å². The number of nitrogens with one attached hydrogen (secondary N) is 1. The molecule has 21 heavy (non-hydrogen) atoms. The van der Waals surface area contributed by atoms with E-state index in [1.165, 1.54) is 38.8 Å². The summed E-state index contributed by atoms with van der Waals surface area (Å²) in [5.74, 6) is 3.10. The van der Waals surface area contributed by atoms with Gasteiger partial charge < -0.3 is 10.2 Å². The number of hydrogen-bond donors (Lipinski definition) is 1. The van der Waals surface area contributed by atoms with Crippen LogP contribution in [-0.2, 0) is 4.79 Å². The van der Waals surface area contributed by atoms with Crippen molar-refractivity contribution in [2.45, 2.75) is 38.5 Å². The second-order valence-corrected chi connectivity index (χ2v) is 6.30. The van der Waals surface area contributed by atoms with E-state index in [9.17, 15) is 4.79 Å². The standard InChI is InChI=1S/C17H29N3O/c1-2-10-19-13-7-16(8-14-19)17(21)18-9-15-20-11-5-3-4-6-12-20/h1,16H,3-15H2,(H,18,21). The minimum atomic E-state index is 0.183. The first-order valence-electron chi connectivity index (χ1n) is 8.45. The summed E-state index contributed by atoms with van der Waals surface area (Å²) < 4.78 is 0. The van der Waals surface area contributed by atoms with Crippen LogP contribution in [0.3, 0.4) is 0 Å². The summed E-state index contributed by atoms with van der Waals surface area (Å²) >= 11 is 0. The third-order valence-electron chi connectivity index (χ3n) is 4.70. The van der Waals surface area contributed by atoms with Gasteiger partial charge in [-0.25, -0.2) is 0 Å². The van der Waals surface area contributed by atoms with Crippen molar-refractivity contribution in [3.8, 4) is 12.3 Å². The summed E-state index contributed by atoms with van der Waals surface area (Å²) in [6.07, 6.45) is 12.5.